The fourth-order valence-electron chi connectivity index (χ4n) is 3.31. The summed E-state index contributed by atoms with van der Waals surface area (Å²) >= 11 is 0. The number of phenols is 2. The van der Waals surface area contributed by atoms with Gasteiger partial charge in [0.05, 0.1) is 22.9 Å². The predicted molar refractivity (Wildman–Crippen MR) is 97.4 cm³/mol. The highest BCUT2D eigenvalue weighted by Crippen LogP contribution is 2.45. The van der Waals surface area contributed by atoms with Crippen molar-refractivity contribution < 1.29 is 14.9 Å². The lowest BCUT2D eigenvalue weighted by atomic mass is 9.84. The Bertz CT molecular complexity index is 1110. The van der Waals surface area contributed by atoms with E-state index in [1.54, 1.807) is 10.7 Å². The normalized spacial score (nSPS) is 15.8. The number of phenolic OH excluding ortho intramolecular Hbond substituents is 2. The molecule has 27 heavy (non-hydrogen) atoms. The fourth-order valence-corrected chi connectivity index (χ4v) is 3.31. The van der Waals surface area contributed by atoms with E-state index in [1.165, 1.54) is 12.1 Å². The lowest BCUT2D eigenvalue weighted by molar-refractivity contribution is 0.366. The van der Waals surface area contributed by atoms with Crippen LogP contribution in [0.25, 0.3) is 5.69 Å². The Morgan fingerprint density at radius 3 is 2.56 bits per heavy atom. The van der Waals surface area contributed by atoms with Crippen LogP contribution in [0.2, 0.25) is 0 Å². The Balaban J connectivity index is 1.97. The van der Waals surface area contributed by atoms with Gasteiger partial charge >= 0.3 is 0 Å². The number of aryl methyl sites for hydroxylation is 1. The van der Waals surface area contributed by atoms with E-state index in [-0.39, 0.29) is 23.0 Å². The second-order valence-electron chi connectivity index (χ2n) is 6.22. The molecule has 3 aromatic rings. The molecule has 1 aliphatic rings. The highest BCUT2D eigenvalue weighted by Gasteiger charge is 2.36. The molecule has 0 radical (unpaired) electrons. The second-order valence-corrected chi connectivity index (χ2v) is 6.22. The van der Waals surface area contributed by atoms with Crippen LogP contribution >= 0.6 is 0 Å². The van der Waals surface area contributed by atoms with Crippen molar-refractivity contribution in [2.45, 2.75) is 12.8 Å². The first-order chi connectivity index (χ1) is 13.0. The van der Waals surface area contributed by atoms with E-state index in [1.807, 2.05) is 37.3 Å². The van der Waals surface area contributed by atoms with Crippen molar-refractivity contribution in [1.82, 2.24) is 9.78 Å². The molecule has 0 amide bonds. The van der Waals surface area contributed by atoms with E-state index >= 15 is 0 Å². The summed E-state index contributed by atoms with van der Waals surface area (Å²) in [5.41, 5.74) is 9.02. The number of nitriles is 1. The number of hydrogen-bond acceptors (Lipinski definition) is 6. The van der Waals surface area contributed by atoms with Crippen LogP contribution < -0.4 is 10.5 Å². The molecule has 1 aromatic heterocycles. The van der Waals surface area contributed by atoms with Gasteiger partial charge in [-0.25, -0.2) is 4.68 Å². The molecule has 1 atom stereocenters. The Kier molecular flexibility index (Phi) is 3.74. The largest absolute Gasteiger partial charge is 0.504 e. The molecule has 2 heterocycles. The topological polar surface area (TPSA) is 117 Å². The monoisotopic (exact) mass is 360 g/mol. The summed E-state index contributed by atoms with van der Waals surface area (Å²) in [5, 5.41) is 33.8. The van der Waals surface area contributed by atoms with E-state index < -0.39 is 5.92 Å². The minimum atomic E-state index is -0.567. The van der Waals surface area contributed by atoms with Crippen LogP contribution in [0.15, 0.2) is 60.0 Å². The van der Waals surface area contributed by atoms with Crippen LogP contribution in [0, 0.1) is 18.3 Å². The fraction of sp³-hybridized carbons (Fsp3) is 0.100. The first-order valence-electron chi connectivity index (χ1n) is 8.25. The average molecular weight is 360 g/mol. The van der Waals surface area contributed by atoms with Crippen molar-refractivity contribution in [2.24, 2.45) is 5.73 Å². The van der Waals surface area contributed by atoms with E-state index in [0.717, 1.165) is 5.69 Å². The van der Waals surface area contributed by atoms with Crippen molar-refractivity contribution in [2.75, 3.05) is 0 Å². The van der Waals surface area contributed by atoms with Crippen LogP contribution in [0.3, 0.4) is 0 Å². The van der Waals surface area contributed by atoms with Crippen molar-refractivity contribution in [3.8, 4) is 29.1 Å². The molecule has 0 spiro atoms. The molecular formula is C20H16N4O3. The van der Waals surface area contributed by atoms with Crippen LogP contribution in [0.4, 0.5) is 0 Å². The van der Waals surface area contributed by atoms with Gasteiger partial charge in [-0.1, -0.05) is 24.3 Å². The zero-order valence-electron chi connectivity index (χ0n) is 14.4. The first-order valence-corrected chi connectivity index (χ1v) is 8.25. The number of aromatic nitrogens is 2. The molecule has 0 bridgehead atoms. The molecule has 4 N–H and O–H groups in total. The Morgan fingerprint density at radius 2 is 1.89 bits per heavy atom. The van der Waals surface area contributed by atoms with Gasteiger partial charge in [-0.3, -0.25) is 0 Å². The predicted octanol–water partition coefficient (Wildman–Crippen LogP) is 2.81. The Hall–Kier alpha value is -3.92. The quantitative estimate of drug-likeness (QED) is 0.605. The molecule has 4 rings (SSSR count). The number of rotatable bonds is 2. The van der Waals surface area contributed by atoms with E-state index in [4.69, 9.17) is 10.5 Å². The minimum absolute atomic E-state index is 0.0142. The van der Waals surface area contributed by atoms with E-state index in [9.17, 15) is 15.5 Å². The third kappa shape index (κ3) is 2.55. The zero-order valence-corrected chi connectivity index (χ0v) is 14.4. The molecule has 0 fully saturated rings. The van der Waals surface area contributed by atoms with Gasteiger partial charge in [-0.15, -0.1) is 0 Å². The number of allylic oxidation sites excluding steroid dienone is 1. The smallest absolute Gasteiger partial charge is 0.229 e. The van der Waals surface area contributed by atoms with Crippen LogP contribution in [-0.4, -0.2) is 20.0 Å². The third-order valence-corrected chi connectivity index (χ3v) is 4.57. The molecule has 0 aliphatic carbocycles. The standard InChI is InChI=1S/C20H16N4O3/c1-11-17-18(12-7-8-15(25)16(26)9-12)14(10-21)19(22)27-20(17)24(23-11)13-5-3-2-4-6-13/h2-9,18,25-26H,22H2,1H3. The molecular weight excluding hydrogens is 344 g/mol. The van der Waals surface area contributed by atoms with Crippen LogP contribution in [-0.2, 0) is 0 Å². The summed E-state index contributed by atoms with van der Waals surface area (Å²) < 4.78 is 7.41. The van der Waals surface area contributed by atoms with Gasteiger partial charge in [0, 0.05) is 0 Å². The molecule has 134 valence electrons. The van der Waals surface area contributed by atoms with Crippen molar-refractivity contribution in [3.63, 3.8) is 0 Å². The van der Waals surface area contributed by atoms with E-state index in [0.29, 0.717) is 22.7 Å². The summed E-state index contributed by atoms with van der Waals surface area (Å²) in [5.74, 6) is -0.669. The number of para-hydroxylation sites is 1. The lowest BCUT2D eigenvalue weighted by Crippen LogP contribution is -2.22. The van der Waals surface area contributed by atoms with Crippen molar-refractivity contribution in [3.05, 3.63) is 76.8 Å². The number of hydrogen-bond donors (Lipinski definition) is 3. The molecule has 2 aromatic carbocycles. The molecule has 7 nitrogen and oxygen atoms in total. The lowest BCUT2D eigenvalue weighted by Gasteiger charge is -2.25. The van der Waals surface area contributed by atoms with Crippen molar-refractivity contribution >= 4 is 0 Å². The van der Waals surface area contributed by atoms with Crippen LogP contribution in [0.1, 0.15) is 22.7 Å². The highest BCUT2D eigenvalue weighted by atomic mass is 16.5. The Morgan fingerprint density at radius 1 is 1.15 bits per heavy atom. The van der Waals surface area contributed by atoms with Gasteiger partial charge in [-0.2, -0.15) is 10.4 Å². The van der Waals surface area contributed by atoms with E-state index in [2.05, 4.69) is 11.2 Å². The molecule has 7 heteroatoms. The van der Waals surface area contributed by atoms with Crippen molar-refractivity contribution in [1.29, 1.82) is 5.26 Å². The summed E-state index contributed by atoms with van der Waals surface area (Å²) in [6, 6.07) is 16.0. The third-order valence-electron chi connectivity index (χ3n) is 4.57. The van der Waals surface area contributed by atoms with Crippen LogP contribution in [0.5, 0.6) is 17.4 Å². The van der Waals surface area contributed by atoms with Gasteiger partial charge in [0.15, 0.2) is 11.5 Å². The van der Waals surface area contributed by atoms with Gasteiger partial charge in [-0.05, 0) is 36.8 Å². The zero-order chi connectivity index (χ0) is 19.1. The average Bonchev–Trinajstić information content (AvgIpc) is 2.99. The van der Waals surface area contributed by atoms with Gasteiger partial charge in [0.25, 0.3) is 0 Å². The van der Waals surface area contributed by atoms with Gasteiger partial charge in [0.1, 0.15) is 11.6 Å². The second kappa shape index (κ2) is 6.11. The number of aromatic hydroxyl groups is 2. The number of fused-ring (bicyclic) bond motifs is 1. The van der Waals surface area contributed by atoms with Gasteiger partial charge in [0.2, 0.25) is 11.8 Å². The maximum Gasteiger partial charge on any atom is 0.229 e. The SMILES string of the molecule is Cc1nn(-c2ccccc2)c2c1C(c1ccc(O)c(O)c1)C(C#N)=C(N)O2. The summed E-state index contributed by atoms with van der Waals surface area (Å²) in [7, 11) is 0. The summed E-state index contributed by atoms with van der Waals surface area (Å²) in [4.78, 5) is 0. The maximum atomic E-state index is 9.92. The van der Waals surface area contributed by atoms with Gasteiger partial charge < -0.3 is 20.7 Å². The molecule has 0 saturated carbocycles. The number of benzene rings is 2. The molecule has 1 aliphatic heterocycles. The summed E-state index contributed by atoms with van der Waals surface area (Å²) in [6.45, 7) is 1.82. The highest BCUT2D eigenvalue weighted by molar-refractivity contribution is 5.58. The maximum absolute atomic E-state index is 9.92. The Labute approximate surface area is 155 Å². The number of ether oxygens (including phenoxy) is 1. The molecule has 1 unspecified atom stereocenters. The number of nitrogens with two attached hydrogens (primary N) is 1. The minimum Gasteiger partial charge on any atom is -0.504 e. The molecule has 0 saturated heterocycles. The summed E-state index contributed by atoms with van der Waals surface area (Å²) in [6.07, 6.45) is 0. The first kappa shape index (κ1) is 16.5. The number of nitrogens with zero attached hydrogens (tertiary/aromatic N) is 3.